The predicted octanol–water partition coefficient (Wildman–Crippen LogP) is 3.12. The summed E-state index contributed by atoms with van der Waals surface area (Å²) in [5.41, 5.74) is 3.68. The summed E-state index contributed by atoms with van der Waals surface area (Å²) in [7, 11) is 0. The maximum Gasteiger partial charge on any atom is 0.230 e. The van der Waals surface area contributed by atoms with Crippen LogP contribution in [0.5, 0.6) is 0 Å². The van der Waals surface area contributed by atoms with Gasteiger partial charge >= 0.3 is 0 Å². The van der Waals surface area contributed by atoms with E-state index in [1.54, 1.807) is 0 Å². The Labute approximate surface area is 143 Å². The van der Waals surface area contributed by atoms with E-state index >= 15 is 0 Å². The number of hydrogen-bond acceptors (Lipinski definition) is 6. The number of rotatable bonds is 3. The molecule has 3 heterocycles. The molecule has 0 spiro atoms. The Bertz CT molecular complexity index is 889. The molecule has 0 radical (unpaired) electrons. The van der Waals surface area contributed by atoms with Gasteiger partial charge < -0.3 is 15.2 Å². The topological polar surface area (TPSA) is 80.0 Å². The van der Waals surface area contributed by atoms with E-state index in [-0.39, 0.29) is 11.8 Å². The molecule has 0 aliphatic carbocycles. The van der Waals surface area contributed by atoms with Gasteiger partial charge in [-0.2, -0.15) is 0 Å². The van der Waals surface area contributed by atoms with E-state index in [4.69, 9.17) is 4.52 Å². The Balaban J connectivity index is 1.71. The number of carbonyl (C=O) groups excluding carboxylic acids is 1. The minimum atomic E-state index is 0.0269. The number of nitrogens with zero attached hydrogens (tertiary/aromatic N) is 2. The fourth-order valence-corrected chi connectivity index (χ4v) is 4.05. The lowest BCUT2D eigenvalue weighted by Gasteiger charge is -2.06. The van der Waals surface area contributed by atoms with Crippen LogP contribution >= 0.6 is 11.3 Å². The quantitative estimate of drug-likeness (QED) is 0.764. The second kappa shape index (κ2) is 5.99. The number of hydrogen-bond donors (Lipinski definition) is 2. The first-order valence-corrected chi connectivity index (χ1v) is 8.79. The third-order valence-corrected chi connectivity index (χ3v) is 5.32. The van der Waals surface area contributed by atoms with Gasteiger partial charge in [0.1, 0.15) is 5.76 Å². The zero-order chi connectivity index (χ0) is 16.7. The first-order chi connectivity index (χ1) is 11.6. The fourth-order valence-electron chi connectivity index (χ4n) is 3.16. The number of benzene rings is 1. The predicted molar refractivity (Wildman–Crippen MR) is 94.2 cm³/mol. The maximum atomic E-state index is 12.3. The molecule has 2 N–H and O–H groups in total. The van der Waals surface area contributed by atoms with Crippen LogP contribution in [0, 0.1) is 19.8 Å². The monoisotopic (exact) mass is 342 g/mol. The van der Waals surface area contributed by atoms with Crippen molar-refractivity contribution in [1.29, 1.82) is 0 Å². The van der Waals surface area contributed by atoms with Crippen LogP contribution in [0.1, 0.15) is 17.9 Å². The molecule has 1 aromatic carbocycles. The molecule has 1 aliphatic heterocycles. The smallest absolute Gasteiger partial charge is 0.230 e. The highest BCUT2D eigenvalue weighted by atomic mass is 32.1. The van der Waals surface area contributed by atoms with E-state index in [1.807, 2.05) is 32.0 Å². The van der Waals surface area contributed by atoms with Gasteiger partial charge in [-0.3, -0.25) is 4.79 Å². The number of aromatic nitrogens is 2. The van der Waals surface area contributed by atoms with Crippen molar-refractivity contribution in [2.45, 2.75) is 20.3 Å². The van der Waals surface area contributed by atoms with Crippen molar-refractivity contribution < 1.29 is 9.32 Å². The zero-order valence-corrected chi connectivity index (χ0v) is 14.4. The number of thiazole rings is 1. The van der Waals surface area contributed by atoms with E-state index in [0.29, 0.717) is 5.13 Å². The second-order valence-electron chi connectivity index (χ2n) is 6.05. The molecule has 24 heavy (non-hydrogen) atoms. The molecule has 124 valence electrons. The van der Waals surface area contributed by atoms with Crippen molar-refractivity contribution in [1.82, 2.24) is 15.5 Å². The molecular formula is C17H18N4O2S. The molecule has 1 fully saturated rings. The van der Waals surface area contributed by atoms with Crippen LogP contribution in [-0.4, -0.2) is 29.1 Å². The van der Waals surface area contributed by atoms with Gasteiger partial charge in [-0.1, -0.05) is 28.6 Å². The Morgan fingerprint density at radius 3 is 3.00 bits per heavy atom. The summed E-state index contributed by atoms with van der Waals surface area (Å²) in [6.45, 7) is 5.46. The Hall–Kier alpha value is -2.25. The summed E-state index contributed by atoms with van der Waals surface area (Å²) in [4.78, 5) is 17.0. The number of carbonyl (C=O) groups is 1. The van der Waals surface area contributed by atoms with Gasteiger partial charge in [-0.25, -0.2) is 4.98 Å². The van der Waals surface area contributed by atoms with Crippen molar-refractivity contribution in [3.63, 3.8) is 0 Å². The summed E-state index contributed by atoms with van der Waals surface area (Å²) >= 11 is 1.49. The first-order valence-electron chi connectivity index (χ1n) is 7.98. The Morgan fingerprint density at radius 2 is 2.29 bits per heavy atom. The van der Waals surface area contributed by atoms with Crippen LogP contribution in [-0.2, 0) is 4.79 Å². The molecule has 1 aliphatic rings. The average molecular weight is 342 g/mol. The number of amides is 1. The number of aryl methyl sites for hydroxylation is 2. The second-order valence-corrected chi connectivity index (χ2v) is 7.08. The van der Waals surface area contributed by atoms with E-state index in [0.717, 1.165) is 52.3 Å². The van der Waals surface area contributed by atoms with E-state index in [2.05, 4.69) is 20.8 Å². The molecule has 1 amide bonds. The molecule has 4 rings (SSSR count). The summed E-state index contributed by atoms with van der Waals surface area (Å²) < 4.78 is 6.32. The van der Waals surface area contributed by atoms with E-state index in [9.17, 15) is 4.79 Å². The summed E-state index contributed by atoms with van der Waals surface area (Å²) in [5, 5.41) is 10.8. The molecule has 3 aromatic rings. The molecular weight excluding hydrogens is 324 g/mol. The maximum absolute atomic E-state index is 12.3. The SMILES string of the molecule is Cc1noc(C)c1-c1cccc2sc(NC(=O)[C@H]3CCNC3)nc12. The van der Waals surface area contributed by atoms with Gasteiger partial charge in [0.15, 0.2) is 5.13 Å². The molecule has 1 atom stereocenters. The van der Waals surface area contributed by atoms with Crippen molar-refractivity contribution in [3.05, 3.63) is 29.7 Å². The van der Waals surface area contributed by atoms with Gasteiger partial charge in [0, 0.05) is 17.7 Å². The summed E-state index contributed by atoms with van der Waals surface area (Å²) in [6, 6.07) is 6.02. The molecule has 6 nitrogen and oxygen atoms in total. The van der Waals surface area contributed by atoms with Crippen LogP contribution in [0.2, 0.25) is 0 Å². The van der Waals surface area contributed by atoms with Gasteiger partial charge in [0.25, 0.3) is 0 Å². The minimum absolute atomic E-state index is 0.0269. The molecule has 7 heteroatoms. The highest BCUT2D eigenvalue weighted by Crippen LogP contribution is 2.36. The molecule has 0 unspecified atom stereocenters. The lowest BCUT2D eigenvalue weighted by Crippen LogP contribution is -2.24. The number of para-hydroxylation sites is 1. The van der Waals surface area contributed by atoms with Crippen LogP contribution in [0.3, 0.4) is 0 Å². The summed E-state index contributed by atoms with van der Waals surface area (Å²) in [6.07, 6.45) is 0.876. The minimum Gasteiger partial charge on any atom is -0.361 e. The van der Waals surface area contributed by atoms with Crippen molar-refractivity contribution in [3.8, 4) is 11.1 Å². The molecule has 0 bridgehead atoms. The number of nitrogens with one attached hydrogen (secondary N) is 2. The Kier molecular flexibility index (Phi) is 3.82. The summed E-state index contributed by atoms with van der Waals surface area (Å²) in [5.74, 6) is 0.840. The number of fused-ring (bicyclic) bond motifs is 1. The van der Waals surface area contributed by atoms with E-state index < -0.39 is 0 Å². The lowest BCUT2D eigenvalue weighted by molar-refractivity contribution is -0.119. The molecule has 1 saturated heterocycles. The average Bonchev–Trinajstić information content (AvgIpc) is 3.27. The third-order valence-electron chi connectivity index (χ3n) is 4.38. The van der Waals surface area contributed by atoms with Gasteiger partial charge in [-0.15, -0.1) is 0 Å². The largest absolute Gasteiger partial charge is 0.361 e. The highest BCUT2D eigenvalue weighted by molar-refractivity contribution is 7.22. The molecule has 2 aromatic heterocycles. The van der Waals surface area contributed by atoms with Crippen LogP contribution in [0.15, 0.2) is 22.7 Å². The van der Waals surface area contributed by atoms with Crippen molar-refractivity contribution in [2.24, 2.45) is 5.92 Å². The highest BCUT2D eigenvalue weighted by Gasteiger charge is 2.24. The van der Waals surface area contributed by atoms with Crippen LogP contribution in [0.4, 0.5) is 5.13 Å². The normalized spacial score (nSPS) is 17.5. The van der Waals surface area contributed by atoms with Gasteiger partial charge in [-0.05, 0) is 32.9 Å². The van der Waals surface area contributed by atoms with Crippen molar-refractivity contribution in [2.75, 3.05) is 18.4 Å². The Morgan fingerprint density at radius 1 is 1.42 bits per heavy atom. The zero-order valence-electron chi connectivity index (χ0n) is 13.5. The lowest BCUT2D eigenvalue weighted by atomic mass is 10.0. The standard InChI is InChI=1S/C17H18N4O2S/c1-9-14(10(2)23-21-9)12-4-3-5-13-15(12)19-17(24-13)20-16(22)11-6-7-18-8-11/h3-5,11,18H,6-8H2,1-2H3,(H,19,20,22)/t11-/m0/s1. The third kappa shape index (κ3) is 2.59. The van der Waals surface area contributed by atoms with Crippen molar-refractivity contribution >= 4 is 32.6 Å². The van der Waals surface area contributed by atoms with Gasteiger partial charge in [0.2, 0.25) is 5.91 Å². The van der Waals surface area contributed by atoms with E-state index in [1.165, 1.54) is 11.3 Å². The molecule has 0 saturated carbocycles. The van der Waals surface area contributed by atoms with Crippen LogP contribution in [0.25, 0.3) is 21.3 Å². The fraction of sp³-hybridized carbons (Fsp3) is 0.353. The van der Waals surface area contributed by atoms with Gasteiger partial charge in [0.05, 0.1) is 21.8 Å². The number of anilines is 1. The first kappa shape index (κ1) is 15.3. The van der Waals surface area contributed by atoms with Crippen LogP contribution < -0.4 is 10.6 Å².